The minimum atomic E-state index is -0.130. The van der Waals surface area contributed by atoms with Crippen molar-refractivity contribution in [2.24, 2.45) is 0 Å². The van der Waals surface area contributed by atoms with E-state index < -0.39 is 0 Å². The van der Waals surface area contributed by atoms with Crippen molar-refractivity contribution < 1.29 is 19.0 Å². The van der Waals surface area contributed by atoms with Crippen molar-refractivity contribution in [2.45, 2.75) is 26.3 Å². The minimum Gasteiger partial charge on any atom is -0.493 e. The van der Waals surface area contributed by atoms with Gasteiger partial charge in [-0.05, 0) is 36.8 Å². The second-order valence-corrected chi connectivity index (χ2v) is 6.76. The number of carbonyl (C=O) groups is 1. The number of para-hydroxylation sites is 1. The third-order valence-corrected chi connectivity index (χ3v) is 4.94. The van der Waals surface area contributed by atoms with Gasteiger partial charge in [0.2, 0.25) is 5.75 Å². The smallest absolute Gasteiger partial charge is 0.203 e. The monoisotopic (exact) mass is 393 g/mol. The summed E-state index contributed by atoms with van der Waals surface area (Å²) in [4.78, 5) is 12.8. The van der Waals surface area contributed by atoms with Gasteiger partial charge in [0.15, 0.2) is 17.3 Å². The van der Waals surface area contributed by atoms with Gasteiger partial charge < -0.3 is 18.8 Å². The molecule has 0 saturated carbocycles. The van der Waals surface area contributed by atoms with Crippen molar-refractivity contribution in [3.05, 3.63) is 59.8 Å². The van der Waals surface area contributed by atoms with E-state index in [9.17, 15) is 4.79 Å². The number of hydrogen-bond acceptors (Lipinski definition) is 4. The van der Waals surface area contributed by atoms with Gasteiger partial charge in [-0.25, -0.2) is 0 Å². The third-order valence-electron chi connectivity index (χ3n) is 4.94. The summed E-state index contributed by atoms with van der Waals surface area (Å²) in [6, 6.07) is 11.6. The third kappa shape index (κ3) is 4.29. The standard InChI is InChI=1S/C24H27NO4/c1-5-6-13-25-16-17(19-9-7-8-10-20(19)25)11-12-21(26)18-14-22(27-2)24(29-4)23(15-18)28-3/h7-12,14-16H,5-6,13H2,1-4H3. The number of benzene rings is 2. The van der Waals surface area contributed by atoms with Crippen LogP contribution >= 0.6 is 0 Å². The molecule has 0 saturated heterocycles. The van der Waals surface area contributed by atoms with E-state index in [0.29, 0.717) is 22.8 Å². The van der Waals surface area contributed by atoms with Gasteiger partial charge in [0.25, 0.3) is 0 Å². The lowest BCUT2D eigenvalue weighted by Gasteiger charge is -2.13. The lowest BCUT2D eigenvalue weighted by atomic mass is 10.1. The van der Waals surface area contributed by atoms with Crippen LogP contribution in [0.2, 0.25) is 0 Å². The first kappa shape index (κ1) is 20.5. The van der Waals surface area contributed by atoms with Gasteiger partial charge >= 0.3 is 0 Å². The van der Waals surface area contributed by atoms with E-state index in [0.717, 1.165) is 30.3 Å². The molecule has 5 heteroatoms. The summed E-state index contributed by atoms with van der Waals surface area (Å²) in [5, 5.41) is 1.14. The Labute approximate surface area is 171 Å². The molecule has 3 aromatic rings. The molecular weight excluding hydrogens is 366 g/mol. The van der Waals surface area contributed by atoms with Crippen molar-refractivity contribution >= 4 is 22.8 Å². The number of rotatable bonds is 9. The highest BCUT2D eigenvalue weighted by molar-refractivity contribution is 6.08. The van der Waals surface area contributed by atoms with E-state index in [2.05, 4.69) is 29.8 Å². The average molecular weight is 393 g/mol. The zero-order valence-corrected chi connectivity index (χ0v) is 17.4. The quantitative estimate of drug-likeness (QED) is 0.363. The zero-order chi connectivity index (χ0) is 20.8. The van der Waals surface area contributed by atoms with Crippen molar-refractivity contribution in [3.8, 4) is 17.2 Å². The molecular formula is C24H27NO4. The average Bonchev–Trinajstić information content (AvgIpc) is 3.12. The van der Waals surface area contributed by atoms with E-state index in [4.69, 9.17) is 14.2 Å². The largest absolute Gasteiger partial charge is 0.493 e. The predicted molar refractivity (Wildman–Crippen MR) is 116 cm³/mol. The summed E-state index contributed by atoms with van der Waals surface area (Å²) in [6.07, 6.45) is 7.83. The molecule has 0 amide bonds. The van der Waals surface area contributed by atoms with Gasteiger partial charge in [-0.2, -0.15) is 0 Å². The van der Waals surface area contributed by atoms with Crippen LogP contribution < -0.4 is 14.2 Å². The molecule has 2 aromatic carbocycles. The van der Waals surface area contributed by atoms with Crippen LogP contribution in [0, 0.1) is 0 Å². The van der Waals surface area contributed by atoms with Crippen LogP contribution in [0.1, 0.15) is 35.7 Å². The van der Waals surface area contributed by atoms with E-state index in [1.165, 1.54) is 26.8 Å². The molecule has 0 unspecified atom stereocenters. The van der Waals surface area contributed by atoms with Crippen LogP contribution in [0.4, 0.5) is 0 Å². The number of methoxy groups -OCH3 is 3. The van der Waals surface area contributed by atoms with Gasteiger partial charge in [-0.1, -0.05) is 31.5 Å². The summed E-state index contributed by atoms with van der Waals surface area (Å²) in [7, 11) is 4.61. The van der Waals surface area contributed by atoms with E-state index in [-0.39, 0.29) is 5.78 Å². The van der Waals surface area contributed by atoms with Crippen LogP contribution in [0.5, 0.6) is 17.2 Å². The van der Waals surface area contributed by atoms with Crippen molar-refractivity contribution in [1.82, 2.24) is 4.57 Å². The first-order chi connectivity index (χ1) is 14.1. The summed E-state index contributed by atoms with van der Waals surface area (Å²) in [5.74, 6) is 1.25. The highest BCUT2D eigenvalue weighted by Crippen LogP contribution is 2.38. The van der Waals surface area contributed by atoms with E-state index >= 15 is 0 Å². The van der Waals surface area contributed by atoms with Crippen LogP contribution in [0.15, 0.2) is 48.7 Å². The number of hydrogen-bond donors (Lipinski definition) is 0. The van der Waals surface area contributed by atoms with E-state index in [1.807, 2.05) is 18.2 Å². The first-order valence-corrected chi connectivity index (χ1v) is 9.73. The van der Waals surface area contributed by atoms with Crippen LogP contribution in [0.3, 0.4) is 0 Å². The van der Waals surface area contributed by atoms with Gasteiger partial charge in [-0.15, -0.1) is 0 Å². The molecule has 0 aliphatic rings. The van der Waals surface area contributed by atoms with Crippen molar-refractivity contribution in [2.75, 3.05) is 21.3 Å². The Morgan fingerprint density at radius 2 is 1.72 bits per heavy atom. The minimum absolute atomic E-state index is 0.130. The Bertz CT molecular complexity index is 1010. The fraction of sp³-hybridized carbons (Fsp3) is 0.292. The van der Waals surface area contributed by atoms with E-state index in [1.54, 1.807) is 18.2 Å². The predicted octanol–water partition coefficient (Wildman–Crippen LogP) is 5.36. The molecule has 0 aliphatic carbocycles. The summed E-state index contributed by atoms with van der Waals surface area (Å²) < 4.78 is 18.3. The number of nitrogens with zero attached hydrogens (tertiary/aromatic N) is 1. The Kier molecular flexibility index (Phi) is 6.60. The molecule has 152 valence electrons. The van der Waals surface area contributed by atoms with Crippen molar-refractivity contribution in [1.29, 1.82) is 0 Å². The number of carbonyl (C=O) groups excluding carboxylic acids is 1. The Hall–Kier alpha value is -3.21. The van der Waals surface area contributed by atoms with Gasteiger partial charge in [0, 0.05) is 34.8 Å². The molecule has 29 heavy (non-hydrogen) atoms. The number of ether oxygens (including phenoxy) is 3. The Balaban J connectivity index is 1.93. The molecule has 0 spiro atoms. The Morgan fingerprint density at radius 1 is 1.03 bits per heavy atom. The maximum atomic E-state index is 12.8. The Morgan fingerprint density at radius 3 is 2.34 bits per heavy atom. The molecule has 1 aromatic heterocycles. The fourth-order valence-electron chi connectivity index (χ4n) is 3.41. The molecule has 0 N–H and O–H groups in total. The van der Waals surface area contributed by atoms with Crippen LogP contribution in [-0.2, 0) is 6.54 Å². The van der Waals surface area contributed by atoms with Crippen molar-refractivity contribution in [3.63, 3.8) is 0 Å². The number of aryl methyl sites for hydroxylation is 1. The molecule has 0 aliphatic heterocycles. The summed E-state index contributed by atoms with van der Waals surface area (Å²) >= 11 is 0. The number of ketones is 1. The number of fused-ring (bicyclic) bond motifs is 1. The maximum absolute atomic E-state index is 12.8. The summed E-state index contributed by atoms with van der Waals surface area (Å²) in [6.45, 7) is 3.15. The lowest BCUT2D eigenvalue weighted by Crippen LogP contribution is -2.00. The normalized spacial score (nSPS) is 11.2. The van der Waals surface area contributed by atoms with Gasteiger partial charge in [-0.3, -0.25) is 4.79 Å². The highest BCUT2D eigenvalue weighted by atomic mass is 16.5. The number of allylic oxidation sites excluding steroid dienone is 1. The van der Waals surface area contributed by atoms with Crippen LogP contribution in [0.25, 0.3) is 17.0 Å². The molecule has 0 radical (unpaired) electrons. The molecule has 1 heterocycles. The zero-order valence-electron chi connectivity index (χ0n) is 17.4. The topological polar surface area (TPSA) is 49.7 Å². The van der Waals surface area contributed by atoms with Gasteiger partial charge in [0.1, 0.15) is 0 Å². The molecule has 3 rings (SSSR count). The number of unbranched alkanes of at least 4 members (excludes halogenated alkanes) is 1. The van der Waals surface area contributed by atoms with Crippen LogP contribution in [-0.4, -0.2) is 31.7 Å². The maximum Gasteiger partial charge on any atom is 0.203 e. The first-order valence-electron chi connectivity index (χ1n) is 9.73. The molecule has 0 atom stereocenters. The highest BCUT2D eigenvalue weighted by Gasteiger charge is 2.16. The SMILES string of the molecule is CCCCn1cc(C=CC(=O)c2cc(OC)c(OC)c(OC)c2)c2ccccc21. The molecule has 0 bridgehead atoms. The second-order valence-electron chi connectivity index (χ2n) is 6.76. The molecule has 5 nitrogen and oxygen atoms in total. The summed E-state index contributed by atoms with van der Waals surface area (Å²) in [5.41, 5.74) is 2.68. The fourth-order valence-corrected chi connectivity index (χ4v) is 3.41. The second kappa shape index (κ2) is 9.32. The number of aromatic nitrogens is 1. The van der Waals surface area contributed by atoms with Gasteiger partial charge in [0.05, 0.1) is 21.3 Å². The molecule has 0 fully saturated rings. The lowest BCUT2D eigenvalue weighted by molar-refractivity contribution is 0.104.